The Balaban J connectivity index is 2.08. The van der Waals surface area contributed by atoms with E-state index in [1.54, 1.807) is 30.8 Å². The third-order valence-corrected chi connectivity index (χ3v) is 7.49. The van der Waals surface area contributed by atoms with Crippen LogP contribution in [-0.2, 0) is 14.8 Å². The number of nitrogens with zero attached hydrogens (tertiary/aromatic N) is 1. The average Bonchev–Trinajstić information content (AvgIpc) is 2.66. The monoisotopic (exact) mass is 451 g/mol. The lowest BCUT2D eigenvalue weighted by Gasteiger charge is -2.29. The summed E-state index contributed by atoms with van der Waals surface area (Å²) in [5.74, 6) is 2.38. The van der Waals surface area contributed by atoms with E-state index < -0.39 is 16.1 Å². The second-order valence-corrected chi connectivity index (χ2v) is 10.8. The molecule has 152 valence electrons. The van der Waals surface area contributed by atoms with Gasteiger partial charge in [0.25, 0.3) is 0 Å². The van der Waals surface area contributed by atoms with Crippen LogP contribution in [0.1, 0.15) is 13.3 Å². The Morgan fingerprint density at radius 2 is 2.07 bits per heavy atom. The zero-order valence-electron chi connectivity index (χ0n) is 15.5. The summed E-state index contributed by atoms with van der Waals surface area (Å²) in [5, 5.41) is 3.36. The first-order chi connectivity index (χ1) is 12.9. The zero-order chi connectivity index (χ0) is 19.9. The van der Waals surface area contributed by atoms with Crippen LogP contribution in [0.2, 0.25) is 5.02 Å². The fraction of sp³-hybridized carbons (Fsp3) is 0.588. The van der Waals surface area contributed by atoms with Crippen LogP contribution in [0.15, 0.2) is 18.2 Å². The lowest BCUT2D eigenvalue weighted by atomic mass is 10.2. The third-order valence-electron chi connectivity index (χ3n) is 4.20. The maximum Gasteiger partial charge on any atom is 0.242 e. The summed E-state index contributed by atoms with van der Waals surface area (Å²) >= 11 is 9.92. The second-order valence-electron chi connectivity index (χ2n) is 6.11. The van der Waals surface area contributed by atoms with Crippen molar-refractivity contribution in [3.63, 3.8) is 0 Å². The maximum absolute atomic E-state index is 12.6. The molecule has 1 heterocycles. The third kappa shape index (κ3) is 7.05. The van der Waals surface area contributed by atoms with Crippen molar-refractivity contribution >= 4 is 62.4 Å². The van der Waals surface area contributed by atoms with Gasteiger partial charge < -0.3 is 10.2 Å². The Bertz CT molecular complexity index is 740. The number of sulfonamides is 1. The van der Waals surface area contributed by atoms with Crippen molar-refractivity contribution in [1.82, 2.24) is 4.72 Å². The van der Waals surface area contributed by atoms with Crippen LogP contribution in [0.4, 0.5) is 11.4 Å². The van der Waals surface area contributed by atoms with Gasteiger partial charge in [0.05, 0.1) is 16.5 Å². The van der Waals surface area contributed by atoms with Gasteiger partial charge in [-0.1, -0.05) is 11.6 Å². The predicted molar refractivity (Wildman–Crippen MR) is 119 cm³/mol. The number of hydrogen-bond acceptors (Lipinski definition) is 6. The van der Waals surface area contributed by atoms with Gasteiger partial charge in [-0.3, -0.25) is 4.79 Å². The highest BCUT2D eigenvalue weighted by molar-refractivity contribution is 7.99. The molecule has 1 amide bonds. The van der Waals surface area contributed by atoms with Crippen LogP contribution >= 0.6 is 35.1 Å². The lowest BCUT2D eigenvalue weighted by molar-refractivity contribution is -0.117. The molecule has 1 atom stereocenters. The number of benzene rings is 1. The number of nitrogens with one attached hydrogen (secondary N) is 2. The van der Waals surface area contributed by atoms with E-state index >= 15 is 0 Å². The predicted octanol–water partition coefficient (Wildman–Crippen LogP) is 2.89. The van der Waals surface area contributed by atoms with E-state index in [0.717, 1.165) is 30.3 Å². The molecule has 0 aromatic heterocycles. The molecule has 2 rings (SSSR count). The normalized spacial score (nSPS) is 16.2. The summed E-state index contributed by atoms with van der Waals surface area (Å²) in [6.07, 6.45) is 2.34. The smallest absolute Gasteiger partial charge is 0.242 e. The molecule has 1 aromatic rings. The number of halogens is 1. The molecule has 1 saturated heterocycles. The van der Waals surface area contributed by atoms with Gasteiger partial charge >= 0.3 is 0 Å². The largest absolute Gasteiger partial charge is 0.369 e. The summed E-state index contributed by atoms with van der Waals surface area (Å²) in [4.78, 5) is 14.8. The Morgan fingerprint density at radius 1 is 1.37 bits per heavy atom. The van der Waals surface area contributed by atoms with Gasteiger partial charge in [0.15, 0.2) is 0 Å². The van der Waals surface area contributed by atoms with Crippen molar-refractivity contribution in [3.05, 3.63) is 23.2 Å². The van der Waals surface area contributed by atoms with E-state index in [2.05, 4.69) is 14.9 Å². The highest BCUT2D eigenvalue weighted by atomic mass is 35.5. The quantitative estimate of drug-likeness (QED) is 0.601. The minimum atomic E-state index is -3.47. The van der Waals surface area contributed by atoms with Crippen LogP contribution in [0, 0.1) is 0 Å². The van der Waals surface area contributed by atoms with Gasteiger partial charge in [-0.25, -0.2) is 13.1 Å². The van der Waals surface area contributed by atoms with Crippen LogP contribution in [0.3, 0.4) is 0 Å². The molecule has 1 fully saturated rings. The number of hydrogen-bond donors (Lipinski definition) is 2. The van der Waals surface area contributed by atoms with Gasteiger partial charge in [0, 0.05) is 30.3 Å². The van der Waals surface area contributed by atoms with Gasteiger partial charge in [0.1, 0.15) is 6.04 Å². The first-order valence-corrected chi connectivity index (χ1v) is 13.4. The molecular weight excluding hydrogens is 426 g/mol. The lowest BCUT2D eigenvalue weighted by Crippen LogP contribution is -2.44. The molecule has 10 heteroatoms. The van der Waals surface area contributed by atoms with Crippen molar-refractivity contribution < 1.29 is 13.2 Å². The molecule has 1 aromatic carbocycles. The molecule has 6 nitrogen and oxygen atoms in total. The van der Waals surface area contributed by atoms with Gasteiger partial charge in [-0.15, -0.1) is 0 Å². The van der Waals surface area contributed by atoms with Crippen LogP contribution in [0.25, 0.3) is 0 Å². The SMILES string of the molecule is CCS(=O)(=O)NC(CCSC)C(=O)Nc1ccc(N2CCSCC2)c(Cl)c1. The first kappa shape index (κ1) is 22.7. The van der Waals surface area contributed by atoms with Gasteiger partial charge in [-0.2, -0.15) is 23.5 Å². The molecule has 1 aliphatic heterocycles. The topological polar surface area (TPSA) is 78.5 Å². The Labute approximate surface area is 175 Å². The van der Waals surface area contributed by atoms with E-state index in [0.29, 0.717) is 22.9 Å². The number of thioether (sulfide) groups is 2. The van der Waals surface area contributed by atoms with Crippen molar-refractivity contribution in [2.24, 2.45) is 0 Å². The van der Waals surface area contributed by atoms with E-state index in [-0.39, 0.29) is 11.7 Å². The van der Waals surface area contributed by atoms with Crippen LogP contribution in [0.5, 0.6) is 0 Å². The fourth-order valence-electron chi connectivity index (χ4n) is 2.65. The number of carbonyl (C=O) groups excluding carboxylic acids is 1. The highest BCUT2D eigenvalue weighted by Crippen LogP contribution is 2.30. The molecule has 27 heavy (non-hydrogen) atoms. The summed E-state index contributed by atoms with van der Waals surface area (Å²) in [6, 6.07) is 4.62. The summed E-state index contributed by atoms with van der Waals surface area (Å²) in [5.41, 5.74) is 1.52. The van der Waals surface area contributed by atoms with Gasteiger partial charge in [0.2, 0.25) is 15.9 Å². The minimum absolute atomic E-state index is 0.0648. The Morgan fingerprint density at radius 3 is 2.67 bits per heavy atom. The van der Waals surface area contributed by atoms with Gasteiger partial charge in [-0.05, 0) is 43.6 Å². The molecule has 0 saturated carbocycles. The molecule has 0 radical (unpaired) electrons. The van der Waals surface area contributed by atoms with E-state index in [1.807, 2.05) is 24.1 Å². The molecule has 0 spiro atoms. The fourth-order valence-corrected chi connectivity index (χ4v) is 5.15. The highest BCUT2D eigenvalue weighted by Gasteiger charge is 2.23. The molecule has 1 unspecified atom stereocenters. The van der Waals surface area contributed by atoms with Crippen molar-refractivity contribution in [2.45, 2.75) is 19.4 Å². The standard InChI is InChI=1S/C17H26ClN3O3S3/c1-3-27(23,24)20-15(6-9-25-2)17(22)19-13-4-5-16(14(18)12-13)21-7-10-26-11-8-21/h4-5,12,15,20H,3,6-11H2,1-2H3,(H,19,22). The van der Waals surface area contributed by atoms with Crippen molar-refractivity contribution in [1.29, 1.82) is 0 Å². The van der Waals surface area contributed by atoms with E-state index in [1.165, 1.54) is 0 Å². The van der Waals surface area contributed by atoms with Crippen LogP contribution in [-0.4, -0.2) is 62.7 Å². The molecule has 1 aliphatic rings. The summed E-state index contributed by atoms with van der Waals surface area (Å²) < 4.78 is 26.2. The molecule has 2 N–H and O–H groups in total. The molecular formula is C17H26ClN3O3S3. The van der Waals surface area contributed by atoms with Crippen LogP contribution < -0.4 is 14.9 Å². The zero-order valence-corrected chi connectivity index (χ0v) is 18.7. The first-order valence-electron chi connectivity index (χ1n) is 8.78. The Kier molecular flexibility index (Phi) is 9.07. The van der Waals surface area contributed by atoms with E-state index in [4.69, 9.17) is 11.6 Å². The average molecular weight is 452 g/mol. The number of carbonyl (C=O) groups is 1. The Hall–Kier alpha value is -0.610. The molecule has 0 aliphatic carbocycles. The summed E-state index contributed by atoms with van der Waals surface area (Å²) in [6.45, 7) is 3.45. The summed E-state index contributed by atoms with van der Waals surface area (Å²) in [7, 11) is -3.47. The van der Waals surface area contributed by atoms with Crippen molar-refractivity contribution in [3.8, 4) is 0 Å². The molecule has 0 bridgehead atoms. The maximum atomic E-state index is 12.6. The minimum Gasteiger partial charge on any atom is -0.369 e. The number of rotatable bonds is 9. The number of anilines is 2. The van der Waals surface area contributed by atoms with Crippen molar-refractivity contribution in [2.75, 3.05) is 52.6 Å². The second kappa shape index (κ2) is 10.8. The number of amides is 1. The van der Waals surface area contributed by atoms with E-state index in [9.17, 15) is 13.2 Å².